The number of unbranched alkanes of at least 4 members (excludes halogenated alkanes) is 1. The smallest absolute Gasteiger partial charge is 0.246 e. The summed E-state index contributed by atoms with van der Waals surface area (Å²) in [6, 6.07) is 9.62. The molecule has 3 N–H and O–H groups in total. The molecule has 2 amide bonds. The second-order valence-corrected chi connectivity index (χ2v) is 13.5. The van der Waals surface area contributed by atoms with Gasteiger partial charge in [-0.3, -0.25) is 24.0 Å². The van der Waals surface area contributed by atoms with Gasteiger partial charge in [-0.25, -0.2) is 4.98 Å². The maximum atomic E-state index is 13.6. The molecule has 15 heteroatoms. The largest absolute Gasteiger partial charge is 0.379 e. The van der Waals surface area contributed by atoms with Gasteiger partial charge in [0.25, 0.3) is 0 Å². The quantitative estimate of drug-likeness (QED) is 0.0851. The molecule has 0 saturated carbocycles. The van der Waals surface area contributed by atoms with Crippen molar-refractivity contribution in [3.63, 3.8) is 0 Å². The molecule has 0 spiro atoms. The Labute approximate surface area is 330 Å². The highest BCUT2D eigenvalue weighted by Gasteiger charge is 2.27. The average molecular weight is 787 g/mol. The minimum absolute atomic E-state index is 0.0174. The summed E-state index contributed by atoms with van der Waals surface area (Å²) in [6.07, 6.45) is 7.24. The number of ether oxygens (including phenoxy) is 5. The van der Waals surface area contributed by atoms with E-state index in [2.05, 4.69) is 20.6 Å². The van der Waals surface area contributed by atoms with E-state index in [1.165, 1.54) is 0 Å². The molecule has 2 aromatic rings. The van der Waals surface area contributed by atoms with Gasteiger partial charge in [0.05, 0.1) is 52.6 Å². The molecule has 0 fully saturated rings. The summed E-state index contributed by atoms with van der Waals surface area (Å²) < 4.78 is 27.2. The molecule has 312 valence electrons. The van der Waals surface area contributed by atoms with E-state index in [0.717, 1.165) is 11.3 Å². The van der Waals surface area contributed by atoms with Gasteiger partial charge in [0.15, 0.2) is 0 Å². The number of aromatic nitrogens is 2. The summed E-state index contributed by atoms with van der Waals surface area (Å²) in [5.74, 6) is -1.74. The van der Waals surface area contributed by atoms with Crippen LogP contribution in [-0.4, -0.2) is 117 Å². The first kappa shape index (κ1) is 48.0. The van der Waals surface area contributed by atoms with Crippen LogP contribution in [0.15, 0.2) is 42.9 Å². The monoisotopic (exact) mass is 786 g/mol. The molecule has 0 unspecified atom stereocenters. The van der Waals surface area contributed by atoms with E-state index in [1.807, 2.05) is 30.3 Å². The molecule has 0 aliphatic rings. The van der Waals surface area contributed by atoms with Gasteiger partial charge >= 0.3 is 0 Å². The molecule has 1 aromatic heterocycles. The summed E-state index contributed by atoms with van der Waals surface area (Å²) >= 11 is 0. The number of amides is 2. The number of carbonyl (C=O) groups is 6. The Morgan fingerprint density at radius 2 is 1.39 bits per heavy atom. The molecule has 0 aliphatic heterocycles. The third-order valence-corrected chi connectivity index (χ3v) is 8.74. The molecule has 1 heterocycles. The number of hydrogen-bond acceptors (Lipinski definition) is 12. The predicted molar refractivity (Wildman–Crippen MR) is 208 cm³/mol. The number of benzene rings is 1. The third-order valence-electron chi connectivity index (χ3n) is 8.74. The lowest BCUT2D eigenvalue weighted by Gasteiger charge is -2.20. The van der Waals surface area contributed by atoms with E-state index in [-0.39, 0.29) is 107 Å². The Balaban J connectivity index is 1.62. The van der Waals surface area contributed by atoms with Crippen molar-refractivity contribution in [2.24, 2.45) is 11.8 Å². The van der Waals surface area contributed by atoms with E-state index in [0.29, 0.717) is 71.4 Å². The number of aromatic amines is 1. The molecule has 56 heavy (non-hydrogen) atoms. The highest BCUT2D eigenvalue weighted by molar-refractivity contribution is 5.91. The molecule has 0 aliphatic carbocycles. The number of Topliss-reactive ketones (excluding diaryl/α,β-unsaturated/α-hetero) is 4. The van der Waals surface area contributed by atoms with Crippen LogP contribution >= 0.6 is 0 Å². The average Bonchev–Trinajstić information content (AvgIpc) is 3.72. The normalized spacial score (nSPS) is 12.2. The number of carbonyl (C=O) groups excluding carboxylic acids is 6. The van der Waals surface area contributed by atoms with Crippen LogP contribution in [0.25, 0.3) is 0 Å². The molecule has 0 saturated heterocycles. The van der Waals surface area contributed by atoms with Crippen LogP contribution in [0, 0.1) is 11.8 Å². The zero-order chi connectivity index (χ0) is 40.6. The third kappa shape index (κ3) is 24.4. The highest BCUT2D eigenvalue weighted by atomic mass is 16.5. The van der Waals surface area contributed by atoms with E-state index >= 15 is 0 Å². The van der Waals surface area contributed by atoms with E-state index in [1.54, 1.807) is 26.4 Å². The summed E-state index contributed by atoms with van der Waals surface area (Å²) in [6.45, 7) is 6.08. The van der Waals surface area contributed by atoms with E-state index in [9.17, 15) is 28.8 Å². The number of nitrogens with one attached hydrogen (secondary N) is 3. The van der Waals surface area contributed by atoms with E-state index in [4.69, 9.17) is 23.7 Å². The molecule has 1 aromatic carbocycles. The fourth-order valence-corrected chi connectivity index (χ4v) is 5.61. The fourth-order valence-electron chi connectivity index (χ4n) is 5.61. The molecular formula is C41H62N4O11. The van der Waals surface area contributed by atoms with Gasteiger partial charge in [-0.15, -0.1) is 0 Å². The van der Waals surface area contributed by atoms with Gasteiger partial charge in [-0.1, -0.05) is 43.7 Å². The minimum Gasteiger partial charge on any atom is -0.379 e. The summed E-state index contributed by atoms with van der Waals surface area (Å²) in [7, 11) is 0. The Hall–Kier alpha value is -4.15. The zero-order valence-electron chi connectivity index (χ0n) is 33.2. The summed E-state index contributed by atoms with van der Waals surface area (Å²) in [5.41, 5.74) is 1.82. The highest BCUT2D eigenvalue weighted by Crippen LogP contribution is 2.22. The Morgan fingerprint density at radius 1 is 0.714 bits per heavy atom. The lowest BCUT2D eigenvalue weighted by Crippen LogP contribution is -2.31. The molecule has 0 radical (unpaired) electrons. The van der Waals surface area contributed by atoms with Crippen LogP contribution in [0.4, 0.5) is 0 Å². The van der Waals surface area contributed by atoms with Gasteiger partial charge < -0.3 is 44.1 Å². The molecule has 0 bridgehead atoms. The van der Waals surface area contributed by atoms with Gasteiger partial charge in [0.1, 0.15) is 36.3 Å². The Kier molecular flexibility index (Phi) is 26.6. The zero-order valence-corrected chi connectivity index (χ0v) is 33.2. The SMILES string of the molecule is CCC(=O)[C@H](COCc1ccccc1)CC(=O)[C@H](CCCCNC(=O)COCCOCCNC(=O)COCCOCCCC(C)=O)CC(=O)CCc1cnc[nH]1. The topological polar surface area (TPSA) is 201 Å². The van der Waals surface area contributed by atoms with Gasteiger partial charge in [0.2, 0.25) is 11.8 Å². The van der Waals surface area contributed by atoms with Gasteiger partial charge in [0, 0.05) is 75.5 Å². The number of rotatable bonds is 36. The first-order valence-corrected chi connectivity index (χ1v) is 19.7. The van der Waals surface area contributed by atoms with Crippen molar-refractivity contribution >= 4 is 34.9 Å². The standard InChI is InChI=1S/C41H62N4O11/c1-3-38(48)35(28-56-27-33-11-5-4-6-12-33)25-39(49)34(24-37(47)15-14-36-26-42-31-45-36)13-7-8-16-43-40(50)29-55-23-21-53-19-17-44-41(51)30-54-22-20-52-18-9-10-32(2)46/h4-6,11-12,26,31,34-35H,3,7-10,13-25,27-30H2,1-2H3,(H,42,45)(H,43,50)(H,44,51)/t34-,35+/m1/s1. The number of aryl methyl sites for hydroxylation is 1. The maximum absolute atomic E-state index is 13.6. The van der Waals surface area contributed by atoms with Crippen molar-refractivity contribution in [3.05, 3.63) is 54.1 Å². The van der Waals surface area contributed by atoms with Crippen LogP contribution in [0.3, 0.4) is 0 Å². The number of imidazole rings is 1. The molecular weight excluding hydrogens is 724 g/mol. The molecule has 2 rings (SSSR count). The fraction of sp³-hybridized carbons (Fsp3) is 0.634. The molecule has 15 nitrogen and oxygen atoms in total. The van der Waals surface area contributed by atoms with Crippen molar-refractivity contribution in [1.29, 1.82) is 0 Å². The van der Waals surface area contributed by atoms with Crippen LogP contribution in [0.1, 0.15) is 82.9 Å². The molecule has 2 atom stereocenters. The van der Waals surface area contributed by atoms with Crippen molar-refractivity contribution in [3.8, 4) is 0 Å². The number of H-pyrrole nitrogens is 1. The first-order chi connectivity index (χ1) is 27.2. The number of hydrogen-bond donors (Lipinski definition) is 3. The van der Waals surface area contributed by atoms with Crippen molar-refractivity contribution < 1.29 is 52.5 Å². The van der Waals surface area contributed by atoms with Crippen molar-refractivity contribution in [1.82, 2.24) is 20.6 Å². The summed E-state index contributed by atoms with van der Waals surface area (Å²) in [4.78, 5) is 81.3. The van der Waals surface area contributed by atoms with Crippen LogP contribution in [0.5, 0.6) is 0 Å². The van der Waals surface area contributed by atoms with Crippen molar-refractivity contribution in [2.45, 2.75) is 84.7 Å². The van der Waals surface area contributed by atoms with Crippen LogP contribution in [-0.2, 0) is 65.5 Å². The van der Waals surface area contributed by atoms with Crippen LogP contribution in [0.2, 0.25) is 0 Å². The van der Waals surface area contributed by atoms with Crippen molar-refractivity contribution in [2.75, 3.05) is 72.6 Å². The number of nitrogens with zero attached hydrogens (tertiary/aromatic N) is 1. The first-order valence-electron chi connectivity index (χ1n) is 19.7. The number of ketones is 4. The van der Waals surface area contributed by atoms with Gasteiger partial charge in [-0.2, -0.15) is 0 Å². The van der Waals surface area contributed by atoms with E-state index < -0.39 is 11.8 Å². The van der Waals surface area contributed by atoms with Gasteiger partial charge in [-0.05, 0) is 38.2 Å². The maximum Gasteiger partial charge on any atom is 0.246 e. The lowest BCUT2D eigenvalue weighted by atomic mass is 9.85. The summed E-state index contributed by atoms with van der Waals surface area (Å²) in [5, 5.41) is 5.49. The second kappa shape index (κ2) is 31.0. The lowest BCUT2D eigenvalue weighted by molar-refractivity contribution is -0.133. The van der Waals surface area contributed by atoms with Crippen LogP contribution < -0.4 is 10.6 Å². The Bertz CT molecular complexity index is 1410. The second-order valence-electron chi connectivity index (χ2n) is 13.5. The Morgan fingerprint density at radius 3 is 2.05 bits per heavy atom. The predicted octanol–water partition coefficient (Wildman–Crippen LogP) is 3.53. The minimum atomic E-state index is -0.581.